The summed E-state index contributed by atoms with van der Waals surface area (Å²) in [6.45, 7) is 7.78. The third-order valence-corrected chi connectivity index (χ3v) is 19.7. The van der Waals surface area contributed by atoms with Crippen LogP contribution >= 0.6 is 47.0 Å². The van der Waals surface area contributed by atoms with Gasteiger partial charge in [-0.2, -0.15) is 5.26 Å². The van der Waals surface area contributed by atoms with Crippen molar-refractivity contribution in [2.24, 2.45) is 0 Å². The van der Waals surface area contributed by atoms with Crippen LogP contribution in [0.3, 0.4) is 0 Å². The Hall–Kier alpha value is -2.90. The van der Waals surface area contributed by atoms with E-state index in [-0.39, 0.29) is 10.8 Å². The molecule has 4 aromatic rings. The van der Waals surface area contributed by atoms with Gasteiger partial charge < -0.3 is 4.43 Å². The van der Waals surface area contributed by atoms with Crippen molar-refractivity contribution in [3.63, 3.8) is 0 Å². The Labute approximate surface area is 315 Å². The third kappa shape index (κ3) is 7.94. The second-order valence-corrected chi connectivity index (χ2v) is 22.7. The molecule has 1 heterocycles. The Balaban J connectivity index is 1.09. The zero-order valence-corrected chi connectivity index (χ0v) is 33.2. The molecule has 256 valence electrons. The molecular weight excluding hydrogens is 707 g/mol. The van der Waals surface area contributed by atoms with Crippen molar-refractivity contribution in [2.45, 2.75) is 57.9 Å². The van der Waals surface area contributed by atoms with Crippen LogP contribution in [0.1, 0.15) is 79.9 Å². The van der Waals surface area contributed by atoms with Crippen molar-refractivity contribution in [2.75, 3.05) is 18.1 Å². The van der Waals surface area contributed by atoms with E-state index in [2.05, 4.69) is 99.6 Å². The number of carbonyl (C=O) groups excluding carboxylic acids is 1. The number of nitriles is 1. The molecule has 0 bridgehead atoms. The maximum atomic E-state index is 13.4. The number of hydrogen-bond acceptors (Lipinski definition) is 7. The van der Waals surface area contributed by atoms with Gasteiger partial charge in [0, 0.05) is 35.5 Å². The zero-order valence-electron chi connectivity index (χ0n) is 28.9. The Morgan fingerprint density at radius 2 is 1.14 bits per heavy atom. The van der Waals surface area contributed by atoms with Gasteiger partial charge in [-0.15, -0.1) is 23.5 Å². The van der Waals surface area contributed by atoms with E-state index in [4.69, 9.17) is 4.43 Å². The summed E-state index contributed by atoms with van der Waals surface area (Å²) >= 11 is 7.38. The highest BCUT2D eigenvalue weighted by atomic mass is 32.3. The van der Waals surface area contributed by atoms with E-state index >= 15 is 0 Å². The van der Waals surface area contributed by atoms with E-state index in [1.807, 2.05) is 71.7 Å². The number of hydrogen-bond donors (Lipinski definition) is 0. The van der Waals surface area contributed by atoms with Crippen LogP contribution < -0.4 is 10.4 Å². The quantitative estimate of drug-likeness (QED) is 0.0827. The molecule has 0 atom stereocenters. The van der Waals surface area contributed by atoms with Crippen LogP contribution in [0.5, 0.6) is 0 Å². The van der Waals surface area contributed by atoms with Crippen LogP contribution in [-0.2, 0) is 4.43 Å². The van der Waals surface area contributed by atoms with Gasteiger partial charge in [-0.1, -0.05) is 166 Å². The summed E-state index contributed by atoms with van der Waals surface area (Å²) in [4.78, 5) is 13.4. The maximum Gasteiger partial charge on any atom is 0.261 e. The highest BCUT2D eigenvalue weighted by molar-refractivity contribution is 8.40. The first kappa shape index (κ1) is 36.9. The minimum atomic E-state index is -2.49. The molecule has 8 heteroatoms. The largest absolute Gasteiger partial charge is 0.407 e. The van der Waals surface area contributed by atoms with Gasteiger partial charge in [0.2, 0.25) is 0 Å². The zero-order chi connectivity index (χ0) is 35.0. The lowest BCUT2D eigenvalue weighted by molar-refractivity contribution is 0.103. The predicted molar refractivity (Wildman–Crippen MR) is 222 cm³/mol. The topological polar surface area (TPSA) is 50.1 Å². The fourth-order valence-electron chi connectivity index (χ4n) is 6.76. The predicted octanol–water partition coefficient (Wildman–Crippen LogP) is 11.1. The molecule has 0 spiro atoms. The smallest absolute Gasteiger partial charge is 0.261 e. The fraction of sp³-hybridized carbons (Fsp3) is 0.286. The number of nitrogens with zero attached hydrogens (tertiary/aromatic N) is 1. The average Bonchev–Trinajstić information content (AvgIpc) is 3.53. The normalized spacial score (nSPS) is 14.5. The van der Waals surface area contributed by atoms with Crippen molar-refractivity contribution < 1.29 is 9.22 Å². The molecule has 0 unspecified atom stereocenters. The van der Waals surface area contributed by atoms with Crippen molar-refractivity contribution in [1.82, 2.24) is 0 Å². The first-order valence-electron chi connectivity index (χ1n) is 17.3. The Bertz CT molecular complexity index is 1820. The van der Waals surface area contributed by atoms with Gasteiger partial charge in [-0.25, -0.2) is 0 Å². The molecule has 0 radical (unpaired) electrons. The highest BCUT2D eigenvalue weighted by Gasteiger charge is 2.50. The lowest BCUT2D eigenvalue weighted by Crippen LogP contribution is -2.66. The van der Waals surface area contributed by atoms with Gasteiger partial charge in [-0.05, 0) is 45.1 Å². The summed E-state index contributed by atoms with van der Waals surface area (Å²) in [6.07, 6.45) is 5.02. The van der Waals surface area contributed by atoms with Gasteiger partial charge in [0.1, 0.15) is 0 Å². The van der Waals surface area contributed by atoms with Crippen LogP contribution in [0, 0.1) is 11.3 Å². The lowest BCUT2D eigenvalue weighted by atomic mass is 9.82. The molecule has 3 nitrogen and oxygen atoms in total. The molecule has 50 heavy (non-hydrogen) atoms. The van der Waals surface area contributed by atoms with E-state index in [1.165, 1.54) is 23.1 Å². The van der Waals surface area contributed by atoms with Gasteiger partial charge in [0.15, 0.2) is 5.78 Å². The number of carbonyl (C=O) groups is 1. The van der Waals surface area contributed by atoms with E-state index in [9.17, 15) is 10.1 Å². The average molecular weight is 750 g/mol. The third-order valence-electron chi connectivity index (χ3n) is 9.08. The fourth-order valence-corrected chi connectivity index (χ4v) is 17.3. The van der Waals surface area contributed by atoms with Crippen LogP contribution in [0.2, 0.25) is 5.04 Å². The number of thioether (sulfide) groups is 4. The number of fused-ring (bicyclic) bond motifs is 2. The summed E-state index contributed by atoms with van der Waals surface area (Å²) < 4.78 is 10.9. The number of ketones is 1. The van der Waals surface area contributed by atoms with Crippen molar-refractivity contribution in [3.05, 3.63) is 144 Å². The van der Waals surface area contributed by atoms with Crippen LogP contribution in [0.4, 0.5) is 0 Å². The molecule has 1 aliphatic heterocycles. The van der Waals surface area contributed by atoms with E-state index in [0.717, 1.165) is 71.6 Å². The first-order chi connectivity index (χ1) is 24.3. The first-order valence-corrected chi connectivity index (χ1v) is 22.8. The van der Waals surface area contributed by atoms with Crippen molar-refractivity contribution >= 4 is 77.1 Å². The molecule has 0 saturated heterocycles. The van der Waals surface area contributed by atoms with Gasteiger partial charge in [-0.3, -0.25) is 4.79 Å². The van der Waals surface area contributed by atoms with Crippen LogP contribution in [-0.4, -0.2) is 32.2 Å². The summed E-state index contributed by atoms with van der Waals surface area (Å²) in [5, 5.41) is 11.9. The van der Waals surface area contributed by atoms with Gasteiger partial charge >= 0.3 is 0 Å². The Morgan fingerprint density at radius 1 is 0.660 bits per heavy atom. The SMILES string of the molecule is CC(C)(C)[Si](OCCCCCCSC1=C(SCCC#N)SC(=C2c3ccccc3C(=O)c3ccccc32)S1)(c1ccccc1)c1ccccc1. The molecule has 0 amide bonds. The van der Waals surface area contributed by atoms with Crippen LogP contribution in [0.25, 0.3) is 5.57 Å². The van der Waals surface area contributed by atoms with Crippen molar-refractivity contribution in [3.8, 4) is 6.07 Å². The Kier molecular flexibility index (Phi) is 12.6. The number of unbranched alkanes of at least 4 members (excludes halogenated alkanes) is 3. The van der Waals surface area contributed by atoms with E-state index < -0.39 is 8.32 Å². The second-order valence-electron chi connectivity index (χ2n) is 13.4. The maximum absolute atomic E-state index is 13.4. The highest BCUT2D eigenvalue weighted by Crippen LogP contribution is 2.61. The molecule has 1 aliphatic carbocycles. The van der Waals surface area contributed by atoms with Gasteiger partial charge in [0.05, 0.1) is 18.8 Å². The minimum Gasteiger partial charge on any atom is -0.407 e. The number of benzene rings is 4. The van der Waals surface area contributed by atoms with Crippen molar-refractivity contribution in [1.29, 1.82) is 5.26 Å². The molecule has 2 aliphatic rings. The standard InChI is InChI=1S/C42H43NO2S4Si/c1-42(2,3)50(31-19-8-6-9-20-31,32-21-10-7-11-22-32)45-28-16-4-5-17-29-46-40-41(47-30-18-27-43)49-39(48-40)37-33-23-12-14-25-35(33)38(44)36-26-15-13-24-34(36)37/h6-15,19-26H,4-5,16-18,28-30H2,1-3H3. The summed E-state index contributed by atoms with van der Waals surface area (Å²) in [5.74, 6) is 1.93. The summed E-state index contributed by atoms with van der Waals surface area (Å²) in [5.41, 5.74) is 4.72. The molecule has 4 aromatic carbocycles. The summed E-state index contributed by atoms with van der Waals surface area (Å²) in [6, 6.07) is 40.1. The monoisotopic (exact) mass is 749 g/mol. The molecular formula is C42H43NO2S4Si. The molecule has 0 N–H and O–H groups in total. The lowest BCUT2D eigenvalue weighted by Gasteiger charge is -2.43. The molecule has 6 rings (SSSR count). The number of rotatable bonds is 14. The molecule has 0 saturated carbocycles. The van der Waals surface area contributed by atoms with E-state index in [1.54, 1.807) is 11.8 Å². The second kappa shape index (κ2) is 17.1. The molecule has 0 fully saturated rings. The molecule has 0 aromatic heterocycles. The summed E-state index contributed by atoms with van der Waals surface area (Å²) in [7, 11) is -2.49. The van der Waals surface area contributed by atoms with E-state index in [0.29, 0.717) is 6.42 Å². The minimum absolute atomic E-state index is 0.00847. The Morgan fingerprint density at radius 3 is 1.66 bits per heavy atom. The van der Waals surface area contributed by atoms with Gasteiger partial charge in [0.25, 0.3) is 8.32 Å². The van der Waals surface area contributed by atoms with Crippen LogP contribution in [0.15, 0.2) is 122 Å².